The lowest BCUT2D eigenvalue weighted by molar-refractivity contribution is 0.0881. The Morgan fingerprint density at radius 2 is 1.81 bits per heavy atom. The van der Waals surface area contributed by atoms with Crippen LogP contribution in [0.25, 0.3) is 0 Å². The van der Waals surface area contributed by atoms with Crippen molar-refractivity contribution in [1.82, 2.24) is 10.2 Å². The molecule has 0 radical (unpaired) electrons. The van der Waals surface area contributed by atoms with Gasteiger partial charge in [0, 0.05) is 31.8 Å². The van der Waals surface area contributed by atoms with Crippen molar-refractivity contribution in [2.45, 2.75) is 59.2 Å². The minimum Gasteiger partial charge on any atom is -0.383 e. The molecule has 98 valence electrons. The van der Waals surface area contributed by atoms with E-state index in [2.05, 4.69) is 44.8 Å². The van der Waals surface area contributed by atoms with E-state index in [0.29, 0.717) is 18.1 Å². The summed E-state index contributed by atoms with van der Waals surface area (Å²) in [6.07, 6.45) is 1.19. The molecule has 0 saturated carbocycles. The van der Waals surface area contributed by atoms with Gasteiger partial charge in [0.05, 0.1) is 6.61 Å². The first-order valence-corrected chi connectivity index (χ1v) is 6.52. The maximum atomic E-state index is 5.17. The van der Waals surface area contributed by atoms with Crippen molar-refractivity contribution in [2.24, 2.45) is 0 Å². The van der Waals surface area contributed by atoms with Crippen LogP contribution in [0.3, 0.4) is 0 Å². The Bertz CT molecular complexity index is 162. The molecular weight excluding hydrogens is 200 g/mol. The smallest absolute Gasteiger partial charge is 0.0589 e. The number of nitrogens with zero attached hydrogens (tertiary/aromatic N) is 1. The minimum absolute atomic E-state index is 0.527. The molecule has 3 nitrogen and oxygen atoms in total. The summed E-state index contributed by atoms with van der Waals surface area (Å²) in [7, 11) is 1.77. The van der Waals surface area contributed by atoms with Crippen LogP contribution in [-0.2, 0) is 4.74 Å². The minimum atomic E-state index is 0.527. The van der Waals surface area contributed by atoms with Crippen molar-refractivity contribution in [2.75, 3.05) is 26.8 Å². The molecular formula is C13H30N2O. The molecule has 2 unspecified atom stereocenters. The number of hydrogen-bond donors (Lipinski definition) is 1. The SMILES string of the molecule is CCCNC(C)C(C)N(CCOC)C(C)C. The fraction of sp³-hybridized carbons (Fsp3) is 1.00. The highest BCUT2D eigenvalue weighted by Gasteiger charge is 2.21. The third-order valence-corrected chi connectivity index (χ3v) is 3.18. The third-order valence-electron chi connectivity index (χ3n) is 3.18. The average Bonchev–Trinajstić information content (AvgIpc) is 2.25. The zero-order chi connectivity index (χ0) is 12.6. The summed E-state index contributed by atoms with van der Waals surface area (Å²) in [5, 5.41) is 3.56. The topological polar surface area (TPSA) is 24.5 Å². The van der Waals surface area contributed by atoms with Crippen LogP contribution in [0, 0.1) is 0 Å². The van der Waals surface area contributed by atoms with Gasteiger partial charge in [0.25, 0.3) is 0 Å². The van der Waals surface area contributed by atoms with E-state index in [9.17, 15) is 0 Å². The predicted molar refractivity (Wildman–Crippen MR) is 70.9 cm³/mol. The highest BCUT2D eigenvalue weighted by atomic mass is 16.5. The van der Waals surface area contributed by atoms with E-state index in [1.54, 1.807) is 7.11 Å². The van der Waals surface area contributed by atoms with Gasteiger partial charge < -0.3 is 10.1 Å². The second-order valence-electron chi connectivity index (χ2n) is 4.81. The fourth-order valence-electron chi connectivity index (χ4n) is 1.96. The van der Waals surface area contributed by atoms with E-state index in [-0.39, 0.29) is 0 Å². The molecule has 0 heterocycles. The van der Waals surface area contributed by atoms with Crippen LogP contribution >= 0.6 is 0 Å². The maximum absolute atomic E-state index is 5.17. The van der Waals surface area contributed by atoms with Crippen LogP contribution in [-0.4, -0.2) is 49.8 Å². The molecule has 0 aromatic heterocycles. The molecule has 0 aliphatic carbocycles. The van der Waals surface area contributed by atoms with Crippen molar-refractivity contribution in [3.8, 4) is 0 Å². The fourth-order valence-corrected chi connectivity index (χ4v) is 1.96. The van der Waals surface area contributed by atoms with Crippen LogP contribution in [0.2, 0.25) is 0 Å². The first kappa shape index (κ1) is 15.9. The number of ether oxygens (including phenoxy) is 1. The van der Waals surface area contributed by atoms with E-state index < -0.39 is 0 Å². The van der Waals surface area contributed by atoms with Gasteiger partial charge in [-0.25, -0.2) is 0 Å². The lowest BCUT2D eigenvalue weighted by Crippen LogP contribution is -2.50. The van der Waals surface area contributed by atoms with Gasteiger partial charge in [-0.15, -0.1) is 0 Å². The van der Waals surface area contributed by atoms with Crippen molar-refractivity contribution < 1.29 is 4.74 Å². The van der Waals surface area contributed by atoms with E-state index in [1.165, 1.54) is 6.42 Å². The largest absolute Gasteiger partial charge is 0.383 e. The van der Waals surface area contributed by atoms with E-state index in [1.807, 2.05) is 0 Å². The van der Waals surface area contributed by atoms with Crippen molar-refractivity contribution in [3.63, 3.8) is 0 Å². The summed E-state index contributed by atoms with van der Waals surface area (Å²) < 4.78 is 5.17. The van der Waals surface area contributed by atoms with E-state index in [0.717, 1.165) is 19.7 Å². The van der Waals surface area contributed by atoms with Gasteiger partial charge >= 0.3 is 0 Å². The molecule has 16 heavy (non-hydrogen) atoms. The van der Waals surface area contributed by atoms with Gasteiger partial charge in [-0.05, 0) is 40.7 Å². The van der Waals surface area contributed by atoms with Gasteiger partial charge in [0.2, 0.25) is 0 Å². The van der Waals surface area contributed by atoms with Crippen LogP contribution < -0.4 is 5.32 Å². The second kappa shape index (κ2) is 8.97. The lowest BCUT2D eigenvalue weighted by atomic mass is 10.1. The first-order chi connectivity index (χ1) is 7.54. The van der Waals surface area contributed by atoms with Crippen molar-refractivity contribution >= 4 is 0 Å². The first-order valence-electron chi connectivity index (χ1n) is 6.52. The molecule has 0 rings (SSSR count). The molecule has 0 aliphatic heterocycles. The molecule has 0 saturated heterocycles. The highest BCUT2D eigenvalue weighted by Crippen LogP contribution is 2.09. The molecule has 0 fully saturated rings. The van der Waals surface area contributed by atoms with Gasteiger partial charge in [-0.1, -0.05) is 6.92 Å². The standard InChI is InChI=1S/C13H30N2O/c1-7-8-14-12(4)13(5)15(11(2)3)9-10-16-6/h11-14H,7-10H2,1-6H3. The summed E-state index contributed by atoms with van der Waals surface area (Å²) in [4.78, 5) is 2.50. The zero-order valence-corrected chi connectivity index (χ0v) is 11.9. The molecule has 1 N–H and O–H groups in total. The normalized spacial score (nSPS) is 15.8. The Morgan fingerprint density at radius 1 is 1.19 bits per heavy atom. The third kappa shape index (κ3) is 5.83. The molecule has 2 atom stereocenters. The Hall–Kier alpha value is -0.120. The number of nitrogens with one attached hydrogen (secondary N) is 1. The monoisotopic (exact) mass is 230 g/mol. The molecule has 0 spiro atoms. The van der Waals surface area contributed by atoms with Crippen molar-refractivity contribution in [3.05, 3.63) is 0 Å². The Balaban J connectivity index is 4.18. The Morgan fingerprint density at radius 3 is 2.25 bits per heavy atom. The second-order valence-corrected chi connectivity index (χ2v) is 4.81. The molecule has 0 amide bonds. The highest BCUT2D eigenvalue weighted by molar-refractivity contribution is 4.79. The molecule has 0 aromatic rings. The summed E-state index contributed by atoms with van der Waals surface area (Å²) in [5.74, 6) is 0. The summed E-state index contributed by atoms with van der Waals surface area (Å²) in [6, 6.07) is 1.64. The van der Waals surface area contributed by atoms with E-state index >= 15 is 0 Å². The summed E-state index contributed by atoms with van der Waals surface area (Å²) in [6.45, 7) is 14.2. The molecule has 0 aromatic carbocycles. The molecule has 3 heteroatoms. The van der Waals surface area contributed by atoms with Crippen LogP contribution in [0.1, 0.15) is 41.0 Å². The van der Waals surface area contributed by atoms with Crippen LogP contribution in [0.4, 0.5) is 0 Å². The number of rotatable bonds is 9. The van der Waals surface area contributed by atoms with Gasteiger partial charge in [0.1, 0.15) is 0 Å². The van der Waals surface area contributed by atoms with Crippen molar-refractivity contribution in [1.29, 1.82) is 0 Å². The Kier molecular flexibility index (Phi) is 8.90. The zero-order valence-electron chi connectivity index (χ0n) is 11.9. The number of methoxy groups -OCH3 is 1. The summed E-state index contributed by atoms with van der Waals surface area (Å²) in [5.41, 5.74) is 0. The maximum Gasteiger partial charge on any atom is 0.0589 e. The lowest BCUT2D eigenvalue weighted by Gasteiger charge is -2.36. The van der Waals surface area contributed by atoms with Gasteiger partial charge in [-0.2, -0.15) is 0 Å². The van der Waals surface area contributed by atoms with Gasteiger partial charge in [-0.3, -0.25) is 4.90 Å². The van der Waals surface area contributed by atoms with E-state index in [4.69, 9.17) is 4.74 Å². The van der Waals surface area contributed by atoms with Crippen LogP contribution in [0.15, 0.2) is 0 Å². The quantitative estimate of drug-likeness (QED) is 0.656. The van der Waals surface area contributed by atoms with Gasteiger partial charge in [0.15, 0.2) is 0 Å². The predicted octanol–water partition coefficient (Wildman–Crippen LogP) is 2.12. The number of hydrogen-bond acceptors (Lipinski definition) is 3. The Labute approximate surface area is 102 Å². The molecule has 0 aliphatic rings. The molecule has 0 bridgehead atoms. The average molecular weight is 230 g/mol. The van der Waals surface area contributed by atoms with Crippen LogP contribution in [0.5, 0.6) is 0 Å². The summed E-state index contributed by atoms with van der Waals surface area (Å²) >= 11 is 0.